The van der Waals surface area contributed by atoms with E-state index in [1.54, 1.807) is 0 Å². The van der Waals surface area contributed by atoms with E-state index in [4.69, 9.17) is 0 Å². The van der Waals surface area contributed by atoms with Gasteiger partial charge in [-0.2, -0.15) is 0 Å². The lowest BCUT2D eigenvalue weighted by molar-refractivity contribution is -0.122. The molecule has 0 spiro atoms. The van der Waals surface area contributed by atoms with Crippen LogP contribution in [-0.2, 0) is 4.79 Å². The zero-order chi connectivity index (χ0) is 12.7. The maximum Gasteiger partial charge on any atom is 0.236 e. The number of carbonyl (C=O) groups is 1. The van der Waals surface area contributed by atoms with Crippen molar-refractivity contribution in [3.63, 3.8) is 0 Å². The molecule has 1 saturated carbocycles. The van der Waals surface area contributed by atoms with Crippen molar-refractivity contribution in [3.05, 3.63) is 0 Å². The van der Waals surface area contributed by atoms with Gasteiger partial charge < -0.3 is 10.6 Å². The van der Waals surface area contributed by atoms with Crippen LogP contribution < -0.4 is 10.6 Å². The van der Waals surface area contributed by atoms with Crippen LogP contribution in [0.2, 0.25) is 0 Å². The minimum atomic E-state index is -0.0576. The van der Waals surface area contributed by atoms with Gasteiger partial charge in [-0.1, -0.05) is 26.7 Å². The maximum atomic E-state index is 11.7. The van der Waals surface area contributed by atoms with Gasteiger partial charge in [-0.25, -0.2) is 0 Å². The van der Waals surface area contributed by atoms with E-state index in [-0.39, 0.29) is 11.9 Å². The first-order valence-electron chi connectivity index (χ1n) is 7.16. The van der Waals surface area contributed by atoms with Crippen LogP contribution >= 0.6 is 0 Å². The van der Waals surface area contributed by atoms with Crippen molar-refractivity contribution >= 4 is 5.91 Å². The molecule has 0 radical (unpaired) electrons. The Morgan fingerprint density at radius 1 is 1.29 bits per heavy atom. The second kappa shape index (κ2) is 7.70. The van der Waals surface area contributed by atoms with Crippen molar-refractivity contribution in [1.82, 2.24) is 10.6 Å². The topological polar surface area (TPSA) is 41.1 Å². The first-order valence-corrected chi connectivity index (χ1v) is 7.16. The van der Waals surface area contributed by atoms with Crippen LogP contribution in [0, 0.1) is 11.8 Å². The van der Waals surface area contributed by atoms with Crippen LogP contribution in [0.15, 0.2) is 0 Å². The van der Waals surface area contributed by atoms with Gasteiger partial charge in [-0.15, -0.1) is 0 Å². The molecule has 17 heavy (non-hydrogen) atoms. The summed E-state index contributed by atoms with van der Waals surface area (Å²) >= 11 is 0. The lowest BCUT2D eigenvalue weighted by Crippen LogP contribution is -2.44. The van der Waals surface area contributed by atoms with Gasteiger partial charge in [0.2, 0.25) is 5.91 Å². The predicted molar refractivity (Wildman–Crippen MR) is 71.9 cm³/mol. The van der Waals surface area contributed by atoms with Crippen molar-refractivity contribution in [3.8, 4) is 0 Å². The van der Waals surface area contributed by atoms with Gasteiger partial charge in [-0.3, -0.25) is 4.79 Å². The zero-order valence-corrected chi connectivity index (χ0v) is 11.6. The second-order valence-electron chi connectivity index (χ2n) is 5.44. The average molecular weight is 240 g/mol. The number of unbranched alkanes of at least 4 members (excludes halogenated alkanes) is 2. The number of nitrogens with one attached hydrogen (secondary N) is 2. The third kappa shape index (κ3) is 6.06. The number of hydrogen-bond acceptors (Lipinski definition) is 2. The quantitative estimate of drug-likeness (QED) is 0.607. The third-order valence-corrected chi connectivity index (χ3v) is 3.65. The highest BCUT2D eigenvalue weighted by Gasteiger charge is 2.28. The van der Waals surface area contributed by atoms with Gasteiger partial charge >= 0.3 is 0 Å². The highest BCUT2D eigenvalue weighted by Crippen LogP contribution is 2.36. The largest absolute Gasteiger partial charge is 0.355 e. The van der Waals surface area contributed by atoms with Crippen molar-refractivity contribution < 1.29 is 4.79 Å². The molecule has 1 amide bonds. The molecular formula is C14H28N2O. The Morgan fingerprint density at radius 3 is 2.59 bits per heavy atom. The van der Waals surface area contributed by atoms with E-state index in [1.165, 1.54) is 25.7 Å². The number of carbonyl (C=O) groups excluding carboxylic acids is 1. The van der Waals surface area contributed by atoms with Gasteiger partial charge in [-0.05, 0) is 44.6 Å². The minimum Gasteiger partial charge on any atom is -0.355 e. The lowest BCUT2D eigenvalue weighted by Gasteiger charge is -2.17. The van der Waals surface area contributed by atoms with Crippen molar-refractivity contribution in [2.45, 2.75) is 58.9 Å². The van der Waals surface area contributed by atoms with Crippen molar-refractivity contribution in [2.24, 2.45) is 11.8 Å². The third-order valence-electron chi connectivity index (χ3n) is 3.65. The molecule has 2 N–H and O–H groups in total. The standard InChI is InChI=1S/C14H28N2O/c1-4-5-6-9-15-14(17)12(3)16-10-11(2)13-7-8-13/h11-13,16H,4-10H2,1-3H3,(H,15,17). The van der Waals surface area contributed by atoms with Gasteiger partial charge in [0.15, 0.2) is 0 Å². The van der Waals surface area contributed by atoms with Crippen LogP contribution in [-0.4, -0.2) is 25.0 Å². The fourth-order valence-electron chi connectivity index (χ4n) is 2.03. The summed E-state index contributed by atoms with van der Waals surface area (Å²) in [6.45, 7) is 8.18. The lowest BCUT2D eigenvalue weighted by atomic mass is 10.1. The summed E-state index contributed by atoms with van der Waals surface area (Å²) < 4.78 is 0. The summed E-state index contributed by atoms with van der Waals surface area (Å²) in [5.74, 6) is 1.76. The molecule has 2 unspecified atom stereocenters. The Bertz CT molecular complexity index is 226. The number of hydrogen-bond donors (Lipinski definition) is 2. The van der Waals surface area contributed by atoms with E-state index in [9.17, 15) is 4.79 Å². The SMILES string of the molecule is CCCCCNC(=O)C(C)NCC(C)C1CC1. The van der Waals surface area contributed by atoms with Crippen LogP contribution in [0.3, 0.4) is 0 Å². The molecule has 1 aliphatic carbocycles. The molecule has 0 aromatic carbocycles. The molecule has 0 aromatic rings. The van der Waals surface area contributed by atoms with Crippen molar-refractivity contribution in [2.75, 3.05) is 13.1 Å². The normalized spacial score (nSPS) is 18.8. The smallest absolute Gasteiger partial charge is 0.236 e. The highest BCUT2D eigenvalue weighted by molar-refractivity contribution is 5.81. The highest BCUT2D eigenvalue weighted by atomic mass is 16.2. The molecule has 0 heterocycles. The summed E-state index contributed by atoms with van der Waals surface area (Å²) in [7, 11) is 0. The zero-order valence-electron chi connectivity index (χ0n) is 11.6. The minimum absolute atomic E-state index is 0.0576. The van der Waals surface area contributed by atoms with E-state index < -0.39 is 0 Å². The van der Waals surface area contributed by atoms with Crippen LogP contribution in [0.5, 0.6) is 0 Å². The van der Waals surface area contributed by atoms with E-state index in [1.807, 2.05) is 6.92 Å². The van der Waals surface area contributed by atoms with Crippen molar-refractivity contribution in [1.29, 1.82) is 0 Å². The van der Waals surface area contributed by atoms with Crippen LogP contribution in [0.1, 0.15) is 52.9 Å². The van der Waals surface area contributed by atoms with Gasteiger partial charge in [0.25, 0.3) is 0 Å². The fourth-order valence-corrected chi connectivity index (χ4v) is 2.03. The molecule has 1 aliphatic rings. The number of amides is 1. The Kier molecular flexibility index (Phi) is 6.56. The summed E-state index contributed by atoms with van der Waals surface area (Å²) in [5, 5.41) is 6.32. The van der Waals surface area contributed by atoms with Gasteiger partial charge in [0.05, 0.1) is 6.04 Å². The predicted octanol–water partition coefficient (Wildman–Crippen LogP) is 2.32. The molecule has 0 aromatic heterocycles. The first kappa shape index (κ1) is 14.5. The Hall–Kier alpha value is -0.570. The van der Waals surface area contributed by atoms with E-state index in [0.29, 0.717) is 5.92 Å². The molecule has 2 atom stereocenters. The Morgan fingerprint density at radius 2 is 2.00 bits per heavy atom. The summed E-state index contributed by atoms with van der Waals surface area (Å²) in [5.41, 5.74) is 0. The molecule has 0 bridgehead atoms. The maximum absolute atomic E-state index is 11.7. The summed E-state index contributed by atoms with van der Waals surface area (Å²) in [4.78, 5) is 11.7. The molecule has 0 aliphatic heterocycles. The summed E-state index contributed by atoms with van der Waals surface area (Å²) in [6, 6.07) is -0.0576. The molecule has 100 valence electrons. The van der Waals surface area contributed by atoms with Gasteiger partial charge in [0, 0.05) is 6.54 Å². The monoisotopic (exact) mass is 240 g/mol. The first-order chi connectivity index (χ1) is 8.15. The molecular weight excluding hydrogens is 212 g/mol. The molecule has 3 nitrogen and oxygen atoms in total. The van der Waals surface area contributed by atoms with E-state index >= 15 is 0 Å². The van der Waals surface area contributed by atoms with Crippen LogP contribution in [0.25, 0.3) is 0 Å². The van der Waals surface area contributed by atoms with E-state index in [2.05, 4.69) is 24.5 Å². The second-order valence-corrected chi connectivity index (χ2v) is 5.44. The van der Waals surface area contributed by atoms with E-state index in [0.717, 1.165) is 25.4 Å². The van der Waals surface area contributed by atoms with Crippen LogP contribution in [0.4, 0.5) is 0 Å². The molecule has 0 saturated heterocycles. The van der Waals surface area contributed by atoms with Gasteiger partial charge in [0.1, 0.15) is 0 Å². The average Bonchev–Trinajstić information content (AvgIpc) is 3.14. The Balaban J connectivity index is 2.04. The summed E-state index contributed by atoms with van der Waals surface area (Å²) in [6.07, 6.45) is 6.23. The molecule has 1 fully saturated rings. The molecule has 1 rings (SSSR count). The number of rotatable bonds is 9. The Labute approximate surface area is 106 Å². The molecule has 3 heteroatoms. The fraction of sp³-hybridized carbons (Fsp3) is 0.929.